The van der Waals surface area contributed by atoms with E-state index in [1.165, 1.54) is 4.90 Å². The molecule has 120 valence electrons. The first-order valence-corrected chi connectivity index (χ1v) is 8.75. The normalized spacial score (nSPS) is 16.5. The third-order valence-electron chi connectivity index (χ3n) is 3.39. The molecule has 1 heterocycles. The summed E-state index contributed by atoms with van der Waals surface area (Å²) in [4.78, 5) is 26.3. The molecule has 0 aromatic heterocycles. The Morgan fingerprint density at radius 2 is 1.75 bits per heavy atom. The van der Waals surface area contributed by atoms with E-state index < -0.39 is 11.8 Å². The minimum atomic E-state index is -0.505. The maximum atomic E-state index is 12.8. The van der Waals surface area contributed by atoms with Crippen molar-refractivity contribution in [3.05, 3.63) is 68.3 Å². The SMILES string of the molecule is O=C1NC(=S)N(c2ccc(Cl)cc2)C(=O)/C1=C/c1ccccc1I. The Hall–Kier alpha value is -1.77. The van der Waals surface area contributed by atoms with E-state index in [1.54, 1.807) is 30.3 Å². The van der Waals surface area contributed by atoms with Gasteiger partial charge in [-0.3, -0.25) is 19.8 Å². The Bertz CT molecular complexity index is 880. The number of halogens is 2. The van der Waals surface area contributed by atoms with Gasteiger partial charge in [0.2, 0.25) is 0 Å². The molecule has 0 aliphatic carbocycles. The number of anilines is 1. The van der Waals surface area contributed by atoms with Crippen molar-refractivity contribution < 1.29 is 9.59 Å². The highest BCUT2D eigenvalue weighted by Gasteiger charge is 2.34. The molecule has 4 nitrogen and oxygen atoms in total. The van der Waals surface area contributed by atoms with Crippen LogP contribution in [0.2, 0.25) is 5.02 Å². The number of thiocarbonyl (C=S) groups is 1. The Balaban J connectivity index is 2.03. The molecule has 2 aromatic carbocycles. The van der Waals surface area contributed by atoms with Gasteiger partial charge in [0.15, 0.2) is 5.11 Å². The van der Waals surface area contributed by atoms with Crippen LogP contribution in [0.1, 0.15) is 5.56 Å². The first kappa shape index (κ1) is 17.1. The Morgan fingerprint density at radius 3 is 2.42 bits per heavy atom. The highest BCUT2D eigenvalue weighted by Crippen LogP contribution is 2.24. The third-order valence-corrected chi connectivity index (χ3v) is 4.91. The standard InChI is InChI=1S/C17H10ClIN2O2S/c18-11-5-7-12(8-6-11)21-16(23)13(15(22)20-17(21)24)9-10-3-1-2-4-14(10)19/h1-9H,(H,20,22,24)/b13-9+. The topological polar surface area (TPSA) is 49.4 Å². The average Bonchev–Trinajstić information content (AvgIpc) is 2.54. The van der Waals surface area contributed by atoms with Crippen LogP contribution in [-0.4, -0.2) is 16.9 Å². The van der Waals surface area contributed by atoms with Crippen molar-refractivity contribution in [1.82, 2.24) is 5.32 Å². The third kappa shape index (κ3) is 3.35. The molecule has 0 radical (unpaired) electrons. The number of nitrogens with zero attached hydrogens (tertiary/aromatic N) is 1. The zero-order valence-electron chi connectivity index (χ0n) is 12.1. The molecule has 3 rings (SSSR count). The van der Waals surface area contributed by atoms with Gasteiger partial charge in [0.1, 0.15) is 5.57 Å². The molecular weight excluding hydrogens is 459 g/mol. The van der Waals surface area contributed by atoms with Crippen LogP contribution in [0.25, 0.3) is 6.08 Å². The molecule has 24 heavy (non-hydrogen) atoms. The van der Waals surface area contributed by atoms with Crippen LogP contribution in [0, 0.1) is 3.57 Å². The van der Waals surface area contributed by atoms with Gasteiger partial charge < -0.3 is 0 Å². The van der Waals surface area contributed by atoms with Crippen LogP contribution in [0.15, 0.2) is 54.1 Å². The maximum Gasteiger partial charge on any atom is 0.270 e. The summed E-state index contributed by atoms with van der Waals surface area (Å²) in [5.74, 6) is -0.972. The molecule has 0 spiro atoms. The summed E-state index contributed by atoms with van der Waals surface area (Å²) < 4.78 is 0.939. The quantitative estimate of drug-likeness (QED) is 0.316. The number of nitrogens with one attached hydrogen (secondary N) is 1. The fourth-order valence-electron chi connectivity index (χ4n) is 2.23. The van der Waals surface area contributed by atoms with E-state index in [0.29, 0.717) is 10.7 Å². The van der Waals surface area contributed by atoms with E-state index >= 15 is 0 Å². The van der Waals surface area contributed by atoms with E-state index in [4.69, 9.17) is 23.8 Å². The van der Waals surface area contributed by atoms with Crippen molar-refractivity contribution in [2.45, 2.75) is 0 Å². The number of hydrogen-bond donors (Lipinski definition) is 1. The molecule has 2 aromatic rings. The van der Waals surface area contributed by atoms with E-state index in [0.717, 1.165) is 9.13 Å². The van der Waals surface area contributed by atoms with E-state index in [2.05, 4.69) is 27.9 Å². The number of hydrogen-bond acceptors (Lipinski definition) is 3. The number of benzene rings is 2. The molecule has 0 unspecified atom stereocenters. The number of carbonyl (C=O) groups is 2. The van der Waals surface area contributed by atoms with Gasteiger partial charge in [-0.05, 0) is 76.8 Å². The first-order chi connectivity index (χ1) is 11.5. The second-order valence-corrected chi connectivity index (χ2v) is 6.94. The molecule has 1 fully saturated rings. The van der Waals surface area contributed by atoms with Crippen LogP contribution in [0.5, 0.6) is 0 Å². The van der Waals surface area contributed by atoms with Crippen molar-refractivity contribution in [1.29, 1.82) is 0 Å². The predicted octanol–water partition coefficient (Wildman–Crippen LogP) is 3.78. The van der Waals surface area contributed by atoms with Gasteiger partial charge in [0.05, 0.1) is 5.69 Å². The van der Waals surface area contributed by atoms with E-state index in [9.17, 15) is 9.59 Å². The number of rotatable bonds is 2. The summed E-state index contributed by atoms with van der Waals surface area (Å²) in [5, 5.41) is 3.15. The van der Waals surface area contributed by atoms with E-state index in [-0.39, 0.29) is 10.7 Å². The Morgan fingerprint density at radius 1 is 1.08 bits per heavy atom. The molecule has 1 aliphatic heterocycles. The van der Waals surface area contributed by atoms with Gasteiger partial charge in [-0.2, -0.15) is 0 Å². The minimum absolute atomic E-state index is 0.0302. The summed E-state index contributed by atoms with van der Waals surface area (Å²) in [6.45, 7) is 0. The van der Waals surface area contributed by atoms with Crippen LogP contribution in [-0.2, 0) is 9.59 Å². The highest BCUT2D eigenvalue weighted by atomic mass is 127. The second kappa shape index (κ2) is 7.00. The summed E-state index contributed by atoms with van der Waals surface area (Å²) in [5.41, 5.74) is 1.37. The molecule has 7 heteroatoms. The number of amides is 2. The van der Waals surface area contributed by atoms with Crippen LogP contribution >= 0.6 is 46.4 Å². The fraction of sp³-hybridized carbons (Fsp3) is 0. The number of carbonyl (C=O) groups excluding carboxylic acids is 2. The Labute approximate surface area is 162 Å². The van der Waals surface area contributed by atoms with Crippen LogP contribution in [0.3, 0.4) is 0 Å². The monoisotopic (exact) mass is 468 g/mol. The van der Waals surface area contributed by atoms with Crippen molar-refractivity contribution in [3.8, 4) is 0 Å². The lowest BCUT2D eigenvalue weighted by Gasteiger charge is -2.29. The summed E-state index contributed by atoms with van der Waals surface area (Å²) >= 11 is 13.2. The molecular formula is C17H10ClIN2O2S. The van der Waals surface area contributed by atoms with Crippen LogP contribution in [0.4, 0.5) is 5.69 Å². The molecule has 0 saturated carbocycles. The van der Waals surface area contributed by atoms with Gasteiger partial charge in [0, 0.05) is 8.59 Å². The lowest BCUT2D eigenvalue weighted by Crippen LogP contribution is -2.54. The van der Waals surface area contributed by atoms with Crippen molar-refractivity contribution in [3.63, 3.8) is 0 Å². The van der Waals surface area contributed by atoms with Gasteiger partial charge in [-0.15, -0.1) is 0 Å². The highest BCUT2D eigenvalue weighted by molar-refractivity contribution is 14.1. The summed E-state index contributed by atoms with van der Waals surface area (Å²) in [6, 6.07) is 14.2. The van der Waals surface area contributed by atoms with Gasteiger partial charge in [-0.1, -0.05) is 29.8 Å². The second-order valence-electron chi connectivity index (χ2n) is 4.96. The zero-order chi connectivity index (χ0) is 17.3. The molecule has 1 N–H and O–H groups in total. The molecule has 2 amide bonds. The zero-order valence-corrected chi connectivity index (χ0v) is 15.9. The first-order valence-electron chi connectivity index (χ1n) is 6.89. The summed E-state index contributed by atoms with van der Waals surface area (Å²) in [7, 11) is 0. The fourth-order valence-corrected chi connectivity index (χ4v) is 3.18. The smallest absolute Gasteiger partial charge is 0.270 e. The van der Waals surface area contributed by atoms with Crippen molar-refractivity contribution in [2.24, 2.45) is 0 Å². The molecule has 0 atom stereocenters. The molecule has 0 bridgehead atoms. The maximum absolute atomic E-state index is 12.8. The van der Waals surface area contributed by atoms with Gasteiger partial charge in [0.25, 0.3) is 11.8 Å². The Kier molecular flexibility index (Phi) is 4.98. The van der Waals surface area contributed by atoms with Crippen LogP contribution < -0.4 is 10.2 Å². The average molecular weight is 469 g/mol. The molecule has 1 saturated heterocycles. The lowest BCUT2D eigenvalue weighted by molar-refractivity contribution is -0.122. The van der Waals surface area contributed by atoms with Crippen molar-refractivity contribution in [2.75, 3.05) is 4.90 Å². The predicted molar refractivity (Wildman–Crippen MR) is 107 cm³/mol. The van der Waals surface area contributed by atoms with Gasteiger partial charge in [-0.25, -0.2) is 0 Å². The van der Waals surface area contributed by atoms with E-state index in [1.807, 2.05) is 24.3 Å². The minimum Gasteiger partial charge on any atom is -0.298 e. The summed E-state index contributed by atoms with van der Waals surface area (Å²) in [6.07, 6.45) is 1.57. The largest absolute Gasteiger partial charge is 0.298 e. The van der Waals surface area contributed by atoms with Crippen molar-refractivity contribution >= 4 is 75.1 Å². The molecule has 1 aliphatic rings. The van der Waals surface area contributed by atoms with Gasteiger partial charge >= 0.3 is 0 Å². The lowest BCUT2D eigenvalue weighted by atomic mass is 10.1.